The Balaban J connectivity index is 0. The van der Waals surface area contributed by atoms with Gasteiger partial charge in [-0.05, 0) is 12.1 Å². The number of halogens is 4. The van der Waals surface area contributed by atoms with Crippen LogP contribution in [-0.4, -0.2) is 6.36 Å². The summed E-state index contributed by atoms with van der Waals surface area (Å²) in [7, 11) is 0. The van der Waals surface area contributed by atoms with Crippen LogP contribution in [0.1, 0.15) is 0 Å². The third-order valence-electron chi connectivity index (χ3n) is 0.977. The molecule has 3 nitrogen and oxygen atoms in total. The average Bonchev–Trinajstić information content (AvgIpc) is 2.07. The Kier molecular flexibility index (Phi) is 8.22. The SMILES string of the molecule is Cl.FC(F)(F)Oc1ccccc1.NN. The van der Waals surface area contributed by atoms with Crippen molar-refractivity contribution in [2.24, 2.45) is 11.7 Å². The number of benzene rings is 1. The summed E-state index contributed by atoms with van der Waals surface area (Å²) in [6, 6.07) is 7.05. The van der Waals surface area contributed by atoms with E-state index in [1.165, 1.54) is 24.3 Å². The fraction of sp³-hybridized carbons (Fsp3) is 0.143. The number of alkyl halides is 3. The van der Waals surface area contributed by atoms with Crippen LogP contribution in [0.15, 0.2) is 30.3 Å². The summed E-state index contributed by atoms with van der Waals surface area (Å²) in [6.45, 7) is 0. The van der Waals surface area contributed by atoms with Crippen LogP contribution in [0.25, 0.3) is 0 Å². The molecule has 0 unspecified atom stereocenters. The summed E-state index contributed by atoms with van der Waals surface area (Å²) in [6.07, 6.45) is -4.60. The lowest BCUT2D eigenvalue weighted by Gasteiger charge is -2.07. The lowest BCUT2D eigenvalue weighted by Crippen LogP contribution is -2.16. The lowest BCUT2D eigenvalue weighted by atomic mass is 10.3. The van der Waals surface area contributed by atoms with Crippen molar-refractivity contribution in [3.8, 4) is 5.75 Å². The molecule has 1 aromatic carbocycles. The molecule has 0 aromatic heterocycles. The molecule has 0 bridgehead atoms. The first-order chi connectivity index (χ1) is 6.08. The first-order valence-corrected chi connectivity index (χ1v) is 3.22. The van der Waals surface area contributed by atoms with Crippen molar-refractivity contribution in [2.75, 3.05) is 0 Å². The van der Waals surface area contributed by atoms with Gasteiger partial charge in [-0.2, -0.15) is 0 Å². The van der Waals surface area contributed by atoms with Crippen molar-refractivity contribution in [1.82, 2.24) is 0 Å². The Morgan fingerprint density at radius 1 is 1.00 bits per heavy atom. The van der Waals surface area contributed by atoms with E-state index in [1.54, 1.807) is 6.07 Å². The second-order valence-corrected chi connectivity index (χ2v) is 1.86. The van der Waals surface area contributed by atoms with Crippen molar-refractivity contribution in [3.63, 3.8) is 0 Å². The largest absolute Gasteiger partial charge is 0.573 e. The second-order valence-electron chi connectivity index (χ2n) is 1.86. The molecular formula is C7H10ClF3N2O. The molecule has 82 valence electrons. The molecule has 1 aromatic rings. The first-order valence-electron chi connectivity index (χ1n) is 3.22. The van der Waals surface area contributed by atoms with Gasteiger partial charge in [-0.25, -0.2) is 0 Å². The second kappa shape index (κ2) is 7.43. The van der Waals surface area contributed by atoms with E-state index in [2.05, 4.69) is 16.4 Å². The fourth-order valence-corrected chi connectivity index (χ4v) is 0.622. The molecule has 4 N–H and O–H groups in total. The highest BCUT2D eigenvalue weighted by Gasteiger charge is 2.30. The van der Waals surface area contributed by atoms with Gasteiger partial charge in [0, 0.05) is 0 Å². The van der Waals surface area contributed by atoms with Gasteiger partial charge in [-0.15, -0.1) is 25.6 Å². The molecule has 0 heterocycles. The van der Waals surface area contributed by atoms with Crippen molar-refractivity contribution in [1.29, 1.82) is 0 Å². The molecule has 0 aliphatic carbocycles. The average molecular weight is 231 g/mol. The van der Waals surface area contributed by atoms with Gasteiger partial charge >= 0.3 is 6.36 Å². The minimum absolute atomic E-state index is 0. The topological polar surface area (TPSA) is 61.3 Å². The highest BCUT2D eigenvalue weighted by atomic mass is 35.5. The van der Waals surface area contributed by atoms with Crippen LogP contribution in [0.2, 0.25) is 0 Å². The minimum Gasteiger partial charge on any atom is -0.406 e. The van der Waals surface area contributed by atoms with E-state index in [-0.39, 0.29) is 18.2 Å². The monoisotopic (exact) mass is 230 g/mol. The molecule has 14 heavy (non-hydrogen) atoms. The van der Waals surface area contributed by atoms with Crippen molar-refractivity contribution in [2.45, 2.75) is 6.36 Å². The molecule has 1 rings (SSSR count). The van der Waals surface area contributed by atoms with Gasteiger partial charge in [0.05, 0.1) is 0 Å². The third-order valence-corrected chi connectivity index (χ3v) is 0.977. The van der Waals surface area contributed by atoms with Gasteiger partial charge in [0.25, 0.3) is 0 Å². The Bertz CT molecular complexity index is 230. The zero-order valence-electron chi connectivity index (χ0n) is 6.99. The standard InChI is InChI=1S/C7H5F3O.ClH.H4N2/c8-7(9,10)11-6-4-2-1-3-5-6;;1-2/h1-5H;1H;1-2H2. The quantitative estimate of drug-likeness (QED) is 0.572. The summed E-state index contributed by atoms with van der Waals surface area (Å²) < 4.78 is 38.2. The molecule has 0 saturated carbocycles. The van der Waals surface area contributed by atoms with E-state index in [0.29, 0.717) is 0 Å². The van der Waals surface area contributed by atoms with Crippen molar-refractivity contribution < 1.29 is 17.9 Å². The normalized spacial score (nSPS) is 9.21. The van der Waals surface area contributed by atoms with E-state index < -0.39 is 6.36 Å². The van der Waals surface area contributed by atoms with E-state index in [1.807, 2.05) is 0 Å². The summed E-state index contributed by atoms with van der Waals surface area (Å²) in [5.41, 5.74) is 0. The maximum absolute atomic E-state index is 11.5. The number of para-hydroxylation sites is 1. The number of hydrazine groups is 1. The van der Waals surface area contributed by atoms with Gasteiger partial charge in [0.2, 0.25) is 0 Å². The summed E-state index contributed by atoms with van der Waals surface area (Å²) in [5.74, 6) is 7.81. The number of nitrogens with two attached hydrogens (primary N) is 2. The summed E-state index contributed by atoms with van der Waals surface area (Å²) in [4.78, 5) is 0. The van der Waals surface area contributed by atoms with Crippen LogP contribution < -0.4 is 16.4 Å². The third kappa shape index (κ3) is 7.66. The van der Waals surface area contributed by atoms with E-state index in [9.17, 15) is 13.2 Å². The minimum atomic E-state index is -4.60. The Labute approximate surface area is 85.2 Å². The Morgan fingerprint density at radius 2 is 1.43 bits per heavy atom. The lowest BCUT2D eigenvalue weighted by molar-refractivity contribution is -0.274. The highest BCUT2D eigenvalue weighted by Crippen LogP contribution is 2.21. The van der Waals surface area contributed by atoms with Crippen LogP contribution in [0.5, 0.6) is 5.75 Å². The van der Waals surface area contributed by atoms with Crippen molar-refractivity contribution in [3.05, 3.63) is 30.3 Å². The van der Waals surface area contributed by atoms with Crippen LogP contribution in [0.3, 0.4) is 0 Å². The molecule has 0 spiro atoms. The maximum Gasteiger partial charge on any atom is 0.573 e. The zero-order chi connectivity index (χ0) is 10.3. The molecule has 0 fully saturated rings. The molecule has 7 heteroatoms. The van der Waals surface area contributed by atoms with Crippen LogP contribution in [0.4, 0.5) is 13.2 Å². The molecule has 0 amide bonds. The van der Waals surface area contributed by atoms with Gasteiger partial charge < -0.3 is 4.74 Å². The highest BCUT2D eigenvalue weighted by molar-refractivity contribution is 5.85. The van der Waals surface area contributed by atoms with Crippen LogP contribution in [0, 0.1) is 0 Å². The Hall–Kier alpha value is -0.980. The molecule has 0 saturated heterocycles. The number of hydrogen-bond donors (Lipinski definition) is 2. The molecule has 0 aliphatic rings. The van der Waals surface area contributed by atoms with Crippen LogP contribution >= 0.6 is 12.4 Å². The predicted octanol–water partition coefficient (Wildman–Crippen LogP) is 1.83. The summed E-state index contributed by atoms with van der Waals surface area (Å²) in [5, 5.41) is 0. The van der Waals surface area contributed by atoms with Gasteiger partial charge in [-0.3, -0.25) is 11.7 Å². The van der Waals surface area contributed by atoms with E-state index >= 15 is 0 Å². The molecule has 0 atom stereocenters. The molecular weight excluding hydrogens is 221 g/mol. The fourth-order valence-electron chi connectivity index (χ4n) is 0.622. The van der Waals surface area contributed by atoms with Crippen molar-refractivity contribution >= 4 is 12.4 Å². The number of hydrogen-bond acceptors (Lipinski definition) is 3. The van der Waals surface area contributed by atoms with Gasteiger partial charge in [0.15, 0.2) is 0 Å². The maximum atomic E-state index is 11.5. The van der Waals surface area contributed by atoms with E-state index in [4.69, 9.17) is 0 Å². The number of rotatable bonds is 1. The zero-order valence-corrected chi connectivity index (χ0v) is 7.81. The van der Waals surface area contributed by atoms with Crippen LogP contribution in [-0.2, 0) is 0 Å². The van der Waals surface area contributed by atoms with Gasteiger partial charge in [0.1, 0.15) is 5.75 Å². The number of ether oxygens (including phenoxy) is 1. The first kappa shape index (κ1) is 15.5. The van der Waals surface area contributed by atoms with Gasteiger partial charge in [-0.1, -0.05) is 18.2 Å². The smallest absolute Gasteiger partial charge is 0.406 e. The predicted molar refractivity (Wildman–Crippen MR) is 48.7 cm³/mol. The van der Waals surface area contributed by atoms with E-state index in [0.717, 1.165) is 0 Å². The summed E-state index contributed by atoms with van der Waals surface area (Å²) >= 11 is 0. The molecule has 0 aliphatic heterocycles. The Morgan fingerprint density at radius 3 is 1.79 bits per heavy atom. The molecule has 0 radical (unpaired) electrons.